The van der Waals surface area contributed by atoms with Gasteiger partial charge in [0.1, 0.15) is 0 Å². The lowest BCUT2D eigenvalue weighted by molar-refractivity contribution is 0.348. The number of hydrogen-bond acceptors (Lipinski definition) is 1. The topological polar surface area (TPSA) is 12.0 Å². The van der Waals surface area contributed by atoms with Gasteiger partial charge in [-0.25, -0.2) is 0 Å². The van der Waals surface area contributed by atoms with E-state index in [1.54, 1.807) is 0 Å². The predicted octanol–water partition coefficient (Wildman–Crippen LogP) is 3.20. The van der Waals surface area contributed by atoms with E-state index in [2.05, 4.69) is 38.9 Å². The van der Waals surface area contributed by atoms with Crippen LogP contribution in [0.2, 0.25) is 0 Å². The van der Waals surface area contributed by atoms with E-state index in [1.165, 1.54) is 12.8 Å². The standard InChI is InChI=1S/C14H25N/c1-6-8-12(7-2)15-13-10-14(4,5)9-11(13)3/h1,11-13,15H,7-10H2,2-5H3. The SMILES string of the molecule is C#CCC(CC)NC1CC(C)(C)CC1C. The molecular formula is C14H25N. The molecule has 1 aliphatic carbocycles. The van der Waals surface area contributed by atoms with Crippen molar-refractivity contribution < 1.29 is 0 Å². The number of nitrogens with one attached hydrogen (secondary N) is 1. The molecule has 0 bridgehead atoms. The fourth-order valence-corrected chi connectivity index (χ4v) is 2.88. The molecule has 0 radical (unpaired) electrons. The van der Waals surface area contributed by atoms with Crippen molar-refractivity contribution in [3.8, 4) is 12.3 Å². The van der Waals surface area contributed by atoms with Crippen molar-refractivity contribution in [1.82, 2.24) is 5.32 Å². The first-order chi connectivity index (χ1) is 6.98. The third-order valence-corrected chi connectivity index (χ3v) is 3.64. The first-order valence-corrected chi connectivity index (χ1v) is 6.18. The molecule has 1 rings (SSSR count). The number of rotatable bonds is 4. The Hall–Kier alpha value is -0.480. The van der Waals surface area contributed by atoms with Gasteiger partial charge in [-0.2, -0.15) is 0 Å². The fourth-order valence-electron chi connectivity index (χ4n) is 2.88. The molecule has 3 unspecified atom stereocenters. The van der Waals surface area contributed by atoms with Gasteiger partial charge in [-0.15, -0.1) is 12.3 Å². The summed E-state index contributed by atoms with van der Waals surface area (Å²) in [7, 11) is 0. The Morgan fingerprint density at radius 3 is 2.53 bits per heavy atom. The summed E-state index contributed by atoms with van der Waals surface area (Å²) in [5.74, 6) is 3.55. The summed E-state index contributed by atoms with van der Waals surface area (Å²) in [6.45, 7) is 9.30. The Labute approximate surface area is 95.0 Å². The van der Waals surface area contributed by atoms with Gasteiger partial charge in [-0.3, -0.25) is 0 Å². The van der Waals surface area contributed by atoms with E-state index in [4.69, 9.17) is 6.42 Å². The monoisotopic (exact) mass is 207 g/mol. The molecule has 1 aliphatic rings. The minimum atomic E-state index is 0.505. The van der Waals surface area contributed by atoms with E-state index in [1.807, 2.05) is 0 Å². The third-order valence-electron chi connectivity index (χ3n) is 3.64. The Morgan fingerprint density at radius 2 is 2.13 bits per heavy atom. The van der Waals surface area contributed by atoms with Gasteiger partial charge in [0.05, 0.1) is 0 Å². The highest BCUT2D eigenvalue weighted by atomic mass is 15.0. The summed E-state index contributed by atoms with van der Waals surface area (Å²) < 4.78 is 0. The smallest absolute Gasteiger partial charge is 0.0240 e. The summed E-state index contributed by atoms with van der Waals surface area (Å²) >= 11 is 0. The van der Waals surface area contributed by atoms with Crippen LogP contribution in [0.5, 0.6) is 0 Å². The molecule has 1 nitrogen and oxygen atoms in total. The summed E-state index contributed by atoms with van der Waals surface area (Å²) in [6.07, 6.45) is 9.99. The molecule has 1 fully saturated rings. The van der Waals surface area contributed by atoms with Gasteiger partial charge in [-0.05, 0) is 30.6 Å². The summed E-state index contributed by atoms with van der Waals surface area (Å²) in [5, 5.41) is 3.73. The molecule has 86 valence electrons. The first-order valence-electron chi connectivity index (χ1n) is 6.18. The quantitative estimate of drug-likeness (QED) is 0.698. The Morgan fingerprint density at radius 1 is 1.47 bits per heavy atom. The second-order valence-corrected chi connectivity index (χ2v) is 5.84. The van der Waals surface area contributed by atoms with Crippen molar-refractivity contribution in [2.75, 3.05) is 0 Å². The van der Waals surface area contributed by atoms with E-state index in [9.17, 15) is 0 Å². The molecule has 0 spiro atoms. The Bertz CT molecular complexity index is 236. The maximum atomic E-state index is 5.38. The van der Waals surface area contributed by atoms with Crippen LogP contribution in [0.25, 0.3) is 0 Å². The average molecular weight is 207 g/mol. The predicted molar refractivity (Wildman–Crippen MR) is 66.6 cm³/mol. The number of terminal acetylenes is 1. The minimum absolute atomic E-state index is 0.505. The largest absolute Gasteiger partial charge is 0.310 e. The van der Waals surface area contributed by atoms with Gasteiger partial charge in [0.25, 0.3) is 0 Å². The van der Waals surface area contributed by atoms with Gasteiger partial charge in [0, 0.05) is 18.5 Å². The Kier molecular flexibility index (Phi) is 4.22. The molecular weight excluding hydrogens is 182 g/mol. The van der Waals surface area contributed by atoms with E-state index >= 15 is 0 Å². The second kappa shape index (κ2) is 5.03. The highest BCUT2D eigenvalue weighted by Crippen LogP contribution is 2.41. The van der Waals surface area contributed by atoms with Gasteiger partial charge in [0.15, 0.2) is 0 Å². The van der Waals surface area contributed by atoms with Crippen LogP contribution in [-0.2, 0) is 0 Å². The molecule has 0 aliphatic heterocycles. The maximum Gasteiger partial charge on any atom is 0.0240 e. The van der Waals surface area contributed by atoms with Crippen LogP contribution < -0.4 is 5.32 Å². The maximum absolute atomic E-state index is 5.38. The molecule has 0 aromatic heterocycles. The lowest BCUT2D eigenvalue weighted by Crippen LogP contribution is -2.39. The molecule has 1 saturated carbocycles. The van der Waals surface area contributed by atoms with Crippen LogP contribution in [0.3, 0.4) is 0 Å². The zero-order valence-electron chi connectivity index (χ0n) is 10.6. The molecule has 15 heavy (non-hydrogen) atoms. The van der Waals surface area contributed by atoms with Crippen molar-refractivity contribution in [2.24, 2.45) is 11.3 Å². The molecule has 0 aromatic rings. The molecule has 1 heteroatoms. The summed E-state index contributed by atoms with van der Waals surface area (Å²) in [6, 6.07) is 1.18. The first kappa shape index (κ1) is 12.6. The highest BCUT2D eigenvalue weighted by molar-refractivity contribution is 4.95. The molecule has 0 aromatic carbocycles. The molecule has 0 heterocycles. The van der Waals surface area contributed by atoms with Gasteiger partial charge in [0.2, 0.25) is 0 Å². The normalized spacial score (nSPS) is 31.1. The van der Waals surface area contributed by atoms with E-state index in [0.717, 1.165) is 18.8 Å². The van der Waals surface area contributed by atoms with Crippen molar-refractivity contribution in [2.45, 2.75) is 65.5 Å². The number of hydrogen-bond donors (Lipinski definition) is 1. The van der Waals surface area contributed by atoms with Crippen LogP contribution in [0.1, 0.15) is 53.4 Å². The summed E-state index contributed by atoms with van der Waals surface area (Å²) in [5.41, 5.74) is 0.505. The van der Waals surface area contributed by atoms with Crippen LogP contribution in [-0.4, -0.2) is 12.1 Å². The van der Waals surface area contributed by atoms with Crippen LogP contribution in [0.4, 0.5) is 0 Å². The van der Waals surface area contributed by atoms with Crippen LogP contribution in [0, 0.1) is 23.7 Å². The average Bonchev–Trinajstić information content (AvgIpc) is 2.39. The van der Waals surface area contributed by atoms with E-state index in [-0.39, 0.29) is 0 Å². The second-order valence-electron chi connectivity index (χ2n) is 5.84. The molecule has 3 atom stereocenters. The zero-order valence-corrected chi connectivity index (χ0v) is 10.6. The van der Waals surface area contributed by atoms with Crippen LogP contribution in [0.15, 0.2) is 0 Å². The van der Waals surface area contributed by atoms with Gasteiger partial charge in [-0.1, -0.05) is 27.7 Å². The highest BCUT2D eigenvalue weighted by Gasteiger charge is 2.36. The third kappa shape index (κ3) is 3.54. The lowest BCUT2D eigenvalue weighted by atomic mass is 9.91. The van der Waals surface area contributed by atoms with E-state index in [0.29, 0.717) is 17.5 Å². The fraction of sp³-hybridized carbons (Fsp3) is 0.857. The molecule has 0 saturated heterocycles. The van der Waals surface area contributed by atoms with Crippen molar-refractivity contribution >= 4 is 0 Å². The van der Waals surface area contributed by atoms with Gasteiger partial charge < -0.3 is 5.32 Å². The molecule has 1 N–H and O–H groups in total. The molecule has 0 amide bonds. The van der Waals surface area contributed by atoms with Crippen molar-refractivity contribution in [3.63, 3.8) is 0 Å². The van der Waals surface area contributed by atoms with Gasteiger partial charge >= 0.3 is 0 Å². The summed E-state index contributed by atoms with van der Waals surface area (Å²) in [4.78, 5) is 0. The van der Waals surface area contributed by atoms with E-state index < -0.39 is 0 Å². The van der Waals surface area contributed by atoms with Crippen molar-refractivity contribution in [1.29, 1.82) is 0 Å². The Balaban J connectivity index is 2.48. The zero-order chi connectivity index (χ0) is 11.5. The minimum Gasteiger partial charge on any atom is -0.310 e. The van der Waals surface area contributed by atoms with Crippen LogP contribution >= 0.6 is 0 Å². The van der Waals surface area contributed by atoms with Crippen molar-refractivity contribution in [3.05, 3.63) is 0 Å². The lowest BCUT2D eigenvalue weighted by Gasteiger charge is -2.24.